The van der Waals surface area contributed by atoms with Gasteiger partial charge in [-0.25, -0.2) is 5.43 Å². The van der Waals surface area contributed by atoms with E-state index in [2.05, 4.69) is 33.6 Å². The molecule has 28 heavy (non-hydrogen) atoms. The number of hydrogen-bond donors (Lipinski definition) is 1. The molecule has 4 rings (SSSR count). The summed E-state index contributed by atoms with van der Waals surface area (Å²) in [5.74, 6) is -0.108. The highest BCUT2D eigenvalue weighted by Crippen LogP contribution is 2.34. The number of allylic oxidation sites excluding steroid dienone is 2. The van der Waals surface area contributed by atoms with Crippen LogP contribution in [0.2, 0.25) is 0 Å². The van der Waals surface area contributed by atoms with Gasteiger partial charge in [-0.15, -0.1) is 0 Å². The Morgan fingerprint density at radius 2 is 1.89 bits per heavy atom. The summed E-state index contributed by atoms with van der Waals surface area (Å²) in [6.07, 6.45) is 7.32. The molecule has 0 unspecified atom stereocenters. The van der Waals surface area contributed by atoms with Gasteiger partial charge in [-0.3, -0.25) is 4.79 Å². The number of nitrogens with one attached hydrogen (secondary N) is 1. The van der Waals surface area contributed by atoms with Crippen molar-refractivity contribution >= 4 is 18.2 Å². The Kier molecular flexibility index (Phi) is 5.68. The molecule has 1 aromatic carbocycles. The number of morpholine rings is 1. The summed E-state index contributed by atoms with van der Waals surface area (Å²) in [7, 11) is 0. The van der Waals surface area contributed by atoms with Crippen LogP contribution in [0.5, 0.6) is 0 Å². The minimum Gasteiger partial charge on any atom is -0.459 e. The lowest BCUT2D eigenvalue weighted by Crippen LogP contribution is -2.36. The van der Waals surface area contributed by atoms with Gasteiger partial charge in [0.1, 0.15) is 0 Å². The fourth-order valence-electron chi connectivity index (χ4n) is 3.55. The highest BCUT2D eigenvalue weighted by Gasteiger charge is 2.25. The largest absolute Gasteiger partial charge is 0.459 e. The molecule has 6 heteroatoms. The van der Waals surface area contributed by atoms with Crippen LogP contribution in [0, 0.1) is 0 Å². The van der Waals surface area contributed by atoms with Gasteiger partial charge in [0.2, 0.25) is 0 Å². The summed E-state index contributed by atoms with van der Waals surface area (Å²) in [6, 6.07) is 13.6. The fourth-order valence-corrected chi connectivity index (χ4v) is 3.55. The highest BCUT2D eigenvalue weighted by atomic mass is 16.5. The van der Waals surface area contributed by atoms with E-state index >= 15 is 0 Å². The van der Waals surface area contributed by atoms with Crippen LogP contribution in [0.25, 0.3) is 6.08 Å². The lowest BCUT2D eigenvalue weighted by molar-refractivity contribution is 0.0548. The maximum Gasteiger partial charge on any atom is 0.307 e. The van der Waals surface area contributed by atoms with E-state index in [1.165, 1.54) is 23.1 Å². The minimum atomic E-state index is -0.354. The highest BCUT2D eigenvalue weighted by molar-refractivity contribution is 5.92. The lowest BCUT2D eigenvalue weighted by Gasteiger charge is -2.31. The zero-order chi connectivity index (χ0) is 19.2. The van der Waals surface area contributed by atoms with E-state index in [1.807, 2.05) is 18.2 Å². The van der Waals surface area contributed by atoms with E-state index in [4.69, 9.17) is 9.15 Å². The summed E-state index contributed by atoms with van der Waals surface area (Å²) in [4.78, 5) is 14.4. The van der Waals surface area contributed by atoms with Crippen LogP contribution in [0.4, 0.5) is 0 Å². The number of ether oxygens (including phenoxy) is 1. The molecule has 6 nitrogen and oxygen atoms in total. The van der Waals surface area contributed by atoms with Crippen LogP contribution in [0.15, 0.2) is 75.1 Å². The molecule has 1 fully saturated rings. The van der Waals surface area contributed by atoms with E-state index in [0.717, 1.165) is 44.7 Å². The number of carbonyl (C=O) groups is 1. The van der Waals surface area contributed by atoms with Crippen molar-refractivity contribution in [1.29, 1.82) is 0 Å². The molecule has 1 N–H and O–H groups in total. The van der Waals surface area contributed by atoms with E-state index in [0.29, 0.717) is 0 Å². The quantitative estimate of drug-likeness (QED) is 0.640. The van der Waals surface area contributed by atoms with Crippen molar-refractivity contribution in [1.82, 2.24) is 10.3 Å². The Balaban J connectivity index is 1.57. The number of benzene rings is 1. The molecule has 2 aromatic rings. The van der Waals surface area contributed by atoms with Crippen molar-refractivity contribution in [2.45, 2.75) is 12.8 Å². The topological polar surface area (TPSA) is 67.1 Å². The van der Waals surface area contributed by atoms with E-state index in [-0.39, 0.29) is 11.7 Å². The third-order valence-electron chi connectivity index (χ3n) is 4.87. The average Bonchev–Trinajstić information content (AvgIpc) is 3.40. The molecule has 1 aliphatic carbocycles. The zero-order valence-electron chi connectivity index (χ0n) is 15.6. The van der Waals surface area contributed by atoms with Gasteiger partial charge < -0.3 is 14.1 Å². The molecule has 1 aliphatic heterocycles. The van der Waals surface area contributed by atoms with Gasteiger partial charge in [0.25, 0.3) is 0 Å². The molecule has 1 amide bonds. The Bertz CT molecular complexity index is 892. The normalized spacial score (nSPS) is 19.0. The molecular formula is C22H23N3O3. The van der Waals surface area contributed by atoms with Gasteiger partial charge in [0, 0.05) is 18.8 Å². The third kappa shape index (κ3) is 4.23. The fraction of sp³-hybridized carbons (Fsp3) is 0.273. The summed E-state index contributed by atoms with van der Waals surface area (Å²) in [5, 5.41) is 4.17. The number of hydrazone groups is 1. The van der Waals surface area contributed by atoms with Crippen molar-refractivity contribution in [2.75, 3.05) is 26.3 Å². The summed E-state index contributed by atoms with van der Waals surface area (Å²) < 4.78 is 10.6. The number of amides is 1. The second kappa shape index (κ2) is 8.71. The molecule has 1 aromatic heterocycles. The minimum absolute atomic E-state index is 0.246. The molecule has 0 spiro atoms. The monoisotopic (exact) mass is 377 g/mol. The Labute approximate surface area is 164 Å². The lowest BCUT2D eigenvalue weighted by atomic mass is 10.1. The number of hydrogen-bond acceptors (Lipinski definition) is 5. The Morgan fingerprint density at radius 3 is 2.64 bits per heavy atom. The Hall–Kier alpha value is -3.12. The van der Waals surface area contributed by atoms with Crippen LogP contribution < -0.4 is 5.43 Å². The standard InChI is InChI=1S/C22H23N3O3/c26-22(20-7-4-12-28-20)24-23-16-19-9-8-18(15-17-5-2-1-3-6-17)21(19)25-10-13-27-14-11-25/h1-7,12,15-16H,8-11,13-14H2,(H,24,26)/b18-15-,23-16-. The molecule has 0 bridgehead atoms. The van der Waals surface area contributed by atoms with Crippen LogP contribution in [0.1, 0.15) is 29.0 Å². The smallest absolute Gasteiger partial charge is 0.307 e. The van der Waals surface area contributed by atoms with E-state index in [9.17, 15) is 4.79 Å². The summed E-state index contributed by atoms with van der Waals surface area (Å²) in [6.45, 7) is 3.17. The predicted octanol–water partition coefficient (Wildman–Crippen LogP) is 3.46. The van der Waals surface area contributed by atoms with E-state index in [1.54, 1.807) is 18.3 Å². The van der Waals surface area contributed by atoms with Crippen molar-refractivity contribution in [3.05, 3.63) is 76.9 Å². The molecule has 0 radical (unpaired) electrons. The molecule has 2 heterocycles. The molecule has 0 atom stereocenters. The molecular weight excluding hydrogens is 354 g/mol. The molecule has 2 aliphatic rings. The second-order valence-corrected chi connectivity index (χ2v) is 6.73. The van der Waals surface area contributed by atoms with Gasteiger partial charge in [0.05, 0.1) is 25.7 Å². The molecule has 144 valence electrons. The van der Waals surface area contributed by atoms with Crippen molar-refractivity contribution in [3.8, 4) is 0 Å². The SMILES string of the molecule is O=C(N/N=C\C1=C(N2CCOCC2)C(=C\c2ccccc2)/CC1)c1ccco1. The molecule has 1 saturated heterocycles. The van der Waals surface area contributed by atoms with Gasteiger partial charge in [-0.05, 0) is 47.8 Å². The first-order chi connectivity index (χ1) is 13.8. The first-order valence-electron chi connectivity index (χ1n) is 9.50. The summed E-state index contributed by atoms with van der Waals surface area (Å²) >= 11 is 0. The van der Waals surface area contributed by atoms with Gasteiger partial charge in [-0.2, -0.15) is 5.10 Å². The first-order valence-corrected chi connectivity index (χ1v) is 9.50. The number of furan rings is 1. The zero-order valence-corrected chi connectivity index (χ0v) is 15.6. The van der Waals surface area contributed by atoms with Gasteiger partial charge >= 0.3 is 5.91 Å². The molecule has 0 saturated carbocycles. The van der Waals surface area contributed by atoms with Gasteiger partial charge in [-0.1, -0.05) is 30.3 Å². The predicted molar refractivity (Wildman–Crippen MR) is 108 cm³/mol. The maximum absolute atomic E-state index is 12.0. The van der Waals surface area contributed by atoms with Crippen LogP contribution in [-0.4, -0.2) is 43.3 Å². The summed E-state index contributed by atoms with van der Waals surface area (Å²) in [5.41, 5.74) is 7.37. The average molecular weight is 377 g/mol. The van der Waals surface area contributed by atoms with Crippen molar-refractivity contribution in [2.24, 2.45) is 5.10 Å². The van der Waals surface area contributed by atoms with Crippen molar-refractivity contribution in [3.63, 3.8) is 0 Å². The number of rotatable bonds is 5. The van der Waals surface area contributed by atoms with Crippen LogP contribution >= 0.6 is 0 Å². The third-order valence-corrected chi connectivity index (χ3v) is 4.87. The Morgan fingerprint density at radius 1 is 1.07 bits per heavy atom. The van der Waals surface area contributed by atoms with Crippen molar-refractivity contribution < 1.29 is 13.9 Å². The number of carbonyl (C=O) groups excluding carboxylic acids is 1. The van der Waals surface area contributed by atoms with Crippen LogP contribution in [-0.2, 0) is 4.74 Å². The maximum atomic E-state index is 12.0. The van der Waals surface area contributed by atoms with E-state index < -0.39 is 0 Å². The second-order valence-electron chi connectivity index (χ2n) is 6.73. The first kappa shape index (κ1) is 18.3. The van der Waals surface area contributed by atoms with Gasteiger partial charge in [0.15, 0.2) is 5.76 Å². The number of nitrogens with zero attached hydrogens (tertiary/aromatic N) is 2. The van der Waals surface area contributed by atoms with Crippen LogP contribution in [0.3, 0.4) is 0 Å².